The average Bonchev–Trinajstić information content (AvgIpc) is 2.52. The molecule has 1 aromatic carbocycles. The first kappa shape index (κ1) is 17.5. The fourth-order valence-corrected chi connectivity index (χ4v) is 3.06. The number of anilines is 2. The van der Waals surface area contributed by atoms with Crippen molar-refractivity contribution in [2.24, 2.45) is 5.92 Å². The Morgan fingerprint density at radius 3 is 2.52 bits per heavy atom. The molecule has 0 spiro atoms. The monoisotopic (exact) mass is 347 g/mol. The van der Waals surface area contributed by atoms with Gasteiger partial charge in [-0.15, -0.1) is 0 Å². The van der Waals surface area contributed by atoms with Crippen molar-refractivity contribution in [2.75, 3.05) is 11.1 Å². The standard InChI is InChI=1S/C18H23F2N5/c1-11(19)16-23-17(21)25-18(24-16)22-15(13-3-2-4-13)10-7-12-5-8-14(20)9-6-12/h5-6,8-9,11,13,15H,2-4,7,10H2,1H3,(H3,21,22,23,24,25)/t11-,15+/m1/s1. The Bertz CT molecular complexity index is 701. The lowest BCUT2D eigenvalue weighted by Crippen LogP contribution is -2.35. The van der Waals surface area contributed by atoms with Gasteiger partial charge in [-0.2, -0.15) is 15.0 Å². The molecule has 0 radical (unpaired) electrons. The third-order valence-corrected chi connectivity index (χ3v) is 4.72. The number of aryl methyl sites for hydroxylation is 1. The van der Waals surface area contributed by atoms with Gasteiger partial charge >= 0.3 is 0 Å². The van der Waals surface area contributed by atoms with Crippen molar-refractivity contribution in [1.29, 1.82) is 0 Å². The number of nitrogens with one attached hydrogen (secondary N) is 1. The molecule has 1 aromatic heterocycles. The summed E-state index contributed by atoms with van der Waals surface area (Å²) in [6.07, 6.45) is 3.89. The molecule has 5 nitrogen and oxygen atoms in total. The predicted octanol–water partition coefficient (Wildman–Crippen LogP) is 3.84. The molecule has 1 heterocycles. The van der Waals surface area contributed by atoms with Gasteiger partial charge < -0.3 is 11.1 Å². The fourth-order valence-electron chi connectivity index (χ4n) is 3.06. The van der Waals surface area contributed by atoms with E-state index < -0.39 is 6.17 Å². The molecule has 2 aromatic rings. The smallest absolute Gasteiger partial charge is 0.228 e. The van der Waals surface area contributed by atoms with E-state index in [1.807, 2.05) is 0 Å². The zero-order valence-electron chi connectivity index (χ0n) is 14.3. The quantitative estimate of drug-likeness (QED) is 0.796. The van der Waals surface area contributed by atoms with E-state index in [1.165, 1.54) is 25.5 Å². The summed E-state index contributed by atoms with van der Waals surface area (Å²) in [4.78, 5) is 12.1. The highest BCUT2D eigenvalue weighted by atomic mass is 19.1. The van der Waals surface area contributed by atoms with Crippen molar-refractivity contribution >= 4 is 11.9 Å². The maximum Gasteiger partial charge on any atom is 0.228 e. The summed E-state index contributed by atoms with van der Waals surface area (Å²) in [5.41, 5.74) is 6.75. The van der Waals surface area contributed by atoms with Crippen LogP contribution < -0.4 is 11.1 Å². The van der Waals surface area contributed by atoms with Gasteiger partial charge in [0.05, 0.1) is 0 Å². The Balaban J connectivity index is 1.69. The van der Waals surface area contributed by atoms with Gasteiger partial charge in [-0.3, -0.25) is 0 Å². The summed E-state index contributed by atoms with van der Waals surface area (Å²) in [6.45, 7) is 1.37. The highest BCUT2D eigenvalue weighted by Crippen LogP contribution is 2.33. The lowest BCUT2D eigenvalue weighted by atomic mass is 9.78. The van der Waals surface area contributed by atoms with Crippen molar-refractivity contribution in [3.8, 4) is 0 Å². The molecule has 3 rings (SSSR count). The molecule has 1 aliphatic rings. The second kappa shape index (κ2) is 7.72. The van der Waals surface area contributed by atoms with Crippen LogP contribution in [-0.2, 0) is 6.42 Å². The molecule has 0 unspecified atom stereocenters. The van der Waals surface area contributed by atoms with Crippen LogP contribution >= 0.6 is 0 Å². The van der Waals surface area contributed by atoms with Crippen LogP contribution in [0.5, 0.6) is 0 Å². The molecule has 7 heteroatoms. The number of hydrogen-bond acceptors (Lipinski definition) is 5. The molecule has 1 saturated carbocycles. The van der Waals surface area contributed by atoms with Crippen molar-refractivity contribution in [3.05, 3.63) is 41.5 Å². The highest BCUT2D eigenvalue weighted by Gasteiger charge is 2.28. The summed E-state index contributed by atoms with van der Waals surface area (Å²) < 4.78 is 26.5. The second-order valence-corrected chi connectivity index (χ2v) is 6.60. The summed E-state index contributed by atoms with van der Waals surface area (Å²) >= 11 is 0. The Kier molecular flexibility index (Phi) is 5.40. The normalized spacial score (nSPS) is 16.9. The first-order valence-electron chi connectivity index (χ1n) is 8.68. The van der Waals surface area contributed by atoms with E-state index in [4.69, 9.17) is 5.73 Å². The molecule has 0 aliphatic heterocycles. The van der Waals surface area contributed by atoms with E-state index in [0.717, 1.165) is 31.2 Å². The number of nitrogen functional groups attached to an aromatic ring is 1. The largest absolute Gasteiger partial charge is 0.368 e. The van der Waals surface area contributed by atoms with Crippen molar-refractivity contribution in [3.63, 3.8) is 0 Å². The lowest BCUT2D eigenvalue weighted by Gasteiger charge is -2.34. The van der Waals surface area contributed by atoms with Crippen LogP contribution in [0.2, 0.25) is 0 Å². The maximum atomic E-state index is 13.5. The molecule has 134 valence electrons. The number of hydrogen-bond donors (Lipinski definition) is 2. The Labute approximate surface area is 146 Å². The van der Waals surface area contributed by atoms with Gasteiger partial charge in [0.25, 0.3) is 0 Å². The molecule has 2 atom stereocenters. The van der Waals surface area contributed by atoms with Gasteiger partial charge in [-0.25, -0.2) is 8.78 Å². The van der Waals surface area contributed by atoms with E-state index in [2.05, 4.69) is 20.3 Å². The molecule has 1 fully saturated rings. The number of halogens is 2. The summed E-state index contributed by atoms with van der Waals surface area (Å²) in [5, 5.41) is 3.32. The van der Waals surface area contributed by atoms with Gasteiger partial charge in [0.1, 0.15) is 5.82 Å². The van der Waals surface area contributed by atoms with Gasteiger partial charge in [0, 0.05) is 6.04 Å². The minimum absolute atomic E-state index is 0.0166. The van der Waals surface area contributed by atoms with E-state index >= 15 is 0 Å². The zero-order valence-corrected chi connectivity index (χ0v) is 14.3. The van der Waals surface area contributed by atoms with E-state index in [0.29, 0.717) is 11.9 Å². The van der Waals surface area contributed by atoms with Gasteiger partial charge in [0.2, 0.25) is 11.9 Å². The van der Waals surface area contributed by atoms with Crippen LogP contribution in [0.4, 0.5) is 20.7 Å². The Morgan fingerprint density at radius 2 is 1.92 bits per heavy atom. The first-order chi connectivity index (χ1) is 12.0. The van der Waals surface area contributed by atoms with Crippen LogP contribution in [0.15, 0.2) is 24.3 Å². The molecule has 0 bridgehead atoms. The van der Waals surface area contributed by atoms with E-state index in [9.17, 15) is 8.78 Å². The molecule has 0 amide bonds. The van der Waals surface area contributed by atoms with Crippen molar-refractivity contribution in [1.82, 2.24) is 15.0 Å². The molecular formula is C18H23F2N5. The first-order valence-corrected chi connectivity index (χ1v) is 8.68. The summed E-state index contributed by atoms with van der Waals surface area (Å²) in [6, 6.07) is 6.72. The SMILES string of the molecule is C[C@@H](F)c1nc(N)nc(N[C@@H](CCc2ccc(F)cc2)C2CCC2)n1. The zero-order chi connectivity index (χ0) is 17.8. The van der Waals surface area contributed by atoms with Crippen LogP contribution in [0.25, 0.3) is 0 Å². The summed E-state index contributed by atoms with van der Waals surface area (Å²) in [5.74, 6) is 0.683. The predicted molar refractivity (Wildman–Crippen MR) is 93.2 cm³/mol. The van der Waals surface area contributed by atoms with E-state index in [1.54, 1.807) is 12.1 Å². The lowest BCUT2D eigenvalue weighted by molar-refractivity contribution is 0.265. The molecule has 0 saturated heterocycles. The maximum absolute atomic E-state index is 13.5. The van der Waals surface area contributed by atoms with Crippen LogP contribution in [0.1, 0.15) is 50.2 Å². The number of benzene rings is 1. The molecule has 3 N–H and O–H groups in total. The second-order valence-electron chi connectivity index (χ2n) is 6.60. The minimum atomic E-state index is -1.30. The topological polar surface area (TPSA) is 76.7 Å². The van der Waals surface area contributed by atoms with Crippen LogP contribution in [-0.4, -0.2) is 21.0 Å². The van der Waals surface area contributed by atoms with Crippen LogP contribution in [0, 0.1) is 11.7 Å². The Morgan fingerprint density at radius 1 is 1.20 bits per heavy atom. The number of alkyl halides is 1. The van der Waals surface area contributed by atoms with Crippen LogP contribution in [0.3, 0.4) is 0 Å². The van der Waals surface area contributed by atoms with Gasteiger partial charge in [0.15, 0.2) is 12.0 Å². The third-order valence-electron chi connectivity index (χ3n) is 4.72. The Hall–Kier alpha value is -2.31. The van der Waals surface area contributed by atoms with E-state index in [-0.39, 0.29) is 23.6 Å². The minimum Gasteiger partial charge on any atom is -0.368 e. The molecular weight excluding hydrogens is 324 g/mol. The van der Waals surface area contributed by atoms with Gasteiger partial charge in [-0.05, 0) is 56.2 Å². The molecule has 25 heavy (non-hydrogen) atoms. The third kappa shape index (κ3) is 4.61. The van der Waals surface area contributed by atoms with Crippen molar-refractivity contribution in [2.45, 2.75) is 51.2 Å². The number of nitrogens with two attached hydrogens (primary N) is 1. The number of rotatable bonds is 7. The summed E-state index contributed by atoms with van der Waals surface area (Å²) in [7, 11) is 0. The van der Waals surface area contributed by atoms with Crippen molar-refractivity contribution < 1.29 is 8.78 Å². The molecule has 1 aliphatic carbocycles. The average molecular weight is 347 g/mol. The number of nitrogens with zero attached hydrogens (tertiary/aromatic N) is 3. The van der Waals surface area contributed by atoms with Gasteiger partial charge in [-0.1, -0.05) is 18.6 Å². The fraction of sp³-hybridized carbons (Fsp3) is 0.500. The highest BCUT2D eigenvalue weighted by molar-refractivity contribution is 5.33. The number of aromatic nitrogens is 3.